The summed E-state index contributed by atoms with van der Waals surface area (Å²) in [6.07, 6.45) is 6.94. The van der Waals surface area contributed by atoms with E-state index in [9.17, 15) is 0 Å². The monoisotopic (exact) mass is 221 g/mol. The Kier molecular flexibility index (Phi) is 2.38. The second-order valence-corrected chi connectivity index (χ2v) is 3.47. The summed E-state index contributed by atoms with van der Waals surface area (Å²) in [6, 6.07) is 10.7. The Hall–Kier alpha value is -2.49. The molecule has 0 saturated heterocycles. The largest absolute Gasteiger partial charge is 0.345 e. The fraction of sp³-hybridized carbons (Fsp3) is 0. The lowest BCUT2D eigenvalue weighted by Gasteiger charge is -2.04. The number of aromatic amines is 1. The average Bonchev–Trinajstić information content (AvgIpc) is 2.94. The zero-order valence-electron chi connectivity index (χ0n) is 8.96. The molecule has 0 bridgehead atoms. The quantitative estimate of drug-likeness (QED) is 0.722. The number of aromatic nitrogens is 4. The van der Waals surface area contributed by atoms with Gasteiger partial charge in [0.15, 0.2) is 5.82 Å². The van der Waals surface area contributed by atoms with Gasteiger partial charge in [0.2, 0.25) is 0 Å². The minimum atomic E-state index is 0.677. The van der Waals surface area contributed by atoms with Crippen LogP contribution >= 0.6 is 0 Å². The number of hydrogen-bond acceptors (Lipinski definition) is 3. The van der Waals surface area contributed by atoms with Crippen molar-refractivity contribution >= 4 is 0 Å². The van der Waals surface area contributed by atoms with Crippen molar-refractivity contribution in [3.63, 3.8) is 0 Å². The number of nitrogens with zero attached hydrogens (tertiary/aromatic N) is 3. The first-order valence-electron chi connectivity index (χ1n) is 5.23. The van der Waals surface area contributed by atoms with Crippen LogP contribution in [0, 0.1) is 6.07 Å². The Morgan fingerprint density at radius 3 is 2.65 bits per heavy atom. The topological polar surface area (TPSA) is 54.5 Å². The lowest BCUT2D eigenvalue weighted by Crippen LogP contribution is -1.91. The van der Waals surface area contributed by atoms with Gasteiger partial charge in [-0.25, -0.2) is 15.0 Å². The molecule has 0 aliphatic carbocycles. The minimum Gasteiger partial charge on any atom is -0.345 e. The molecule has 1 aromatic carbocycles. The predicted octanol–water partition coefficient (Wildman–Crippen LogP) is 2.33. The highest BCUT2D eigenvalue weighted by atomic mass is 14.9. The summed E-state index contributed by atoms with van der Waals surface area (Å²) < 4.78 is 0. The molecular weight excluding hydrogens is 212 g/mol. The number of hydrogen-bond donors (Lipinski definition) is 1. The molecule has 2 heterocycles. The molecule has 0 atom stereocenters. The molecule has 1 radical (unpaired) electrons. The molecule has 0 aliphatic rings. The first-order valence-corrected chi connectivity index (χ1v) is 5.23. The number of H-pyrrole nitrogens is 1. The van der Waals surface area contributed by atoms with E-state index in [2.05, 4.69) is 26.0 Å². The Labute approximate surface area is 98.4 Å². The molecule has 2 aromatic heterocycles. The van der Waals surface area contributed by atoms with Gasteiger partial charge in [0, 0.05) is 35.9 Å². The Morgan fingerprint density at radius 2 is 1.88 bits per heavy atom. The van der Waals surface area contributed by atoms with Gasteiger partial charge in [-0.3, -0.25) is 0 Å². The zero-order chi connectivity index (χ0) is 11.5. The summed E-state index contributed by atoms with van der Waals surface area (Å²) >= 11 is 0. The van der Waals surface area contributed by atoms with Crippen molar-refractivity contribution in [2.45, 2.75) is 0 Å². The van der Waals surface area contributed by atoms with Crippen LogP contribution in [-0.4, -0.2) is 19.9 Å². The number of benzene rings is 1. The van der Waals surface area contributed by atoms with Crippen molar-refractivity contribution in [1.82, 2.24) is 19.9 Å². The second kappa shape index (κ2) is 4.17. The van der Waals surface area contributed by atoms with E-state index >= 15 is 0 Å². The normalized spacial score (nSPS) is 10.4. The second-order valence-electron chi connectivity index (χ2n) is 3.47. The smallest absolute Gasteiger partial charge is 0.159 e. The number of imidazole rings is 1. The van der Waals surface area contributed by atoms with Gasteiger partial charge in [-0.2, -0.15) is 0 Å². The summed E-state index contributed by atoms with van der Waals surface area (Å²) in [6.45, 7) is 0. The lowest BCUT2D eigenvalue weighted by atomic mass is 10.1. The van der Waals surface area contributed by atoms with Crippen LogP contribution in [0.1, 0.15) is 0 Å². The minimum absolute atomic E-state index is 0.677. The molecule has 3 aromatic rings. The highest BCUT2D eigenvalue weighted by molar-refractivity contribution is 5.76. The van der Waals surface area contributed by atoms with Crippen molar-refractivity contribution in [3.05, 3.63) is 55.1 Å². The van der Waals surface area contributed by atoms with E-state index in [-0.39, 0.29) is 0 Å². The van der Waals surface area contributed by atoms with Crippen LogP contribution in [0.4, 0.5) is 0 Å². The molecule has 0 spiro atoms. The fourth-order valence-corrected chi connectivity index (χ4v) is 1.66. The van der Waals surface area contributed by atoms with Crippen molar-refractivity contribution < 1.29 is 0 Å². The first kappa shape index (κ1) is 9.72. The van der Waals surface area contributed by atoms with Gasteiger partial charge >= 0.3 is 0 Å². The third kappa shape index (κ3) is 1.80. The number of nitrogens with one attached hydrogen (secondary N) is 1. The van der Waals surface area contributed by atoms with Crippen molar-refractivity contribution in [2.75, 3.05) is 0 Å². The standard InChI is InChI=1S/C13H9N4/c1-2-5-11(13-16-8-9-17-13)10(4-1)12-14-6-3-7-15-12/h1-4,6-9H,(H,16,17). The number of rotatable bonds is 2. The highest BCUT2D eigenvalue weighted by Gasteiger charge is 2.10. The zero-order valence-corrected chi connectivity index (χ0v) is 8.96. The van der Waals surface area contributed by atoms with Gasteiger partial charge in [0.25, 0.3) is 0 Å². The Morgan fingerprint density at radius 1 is 1.00 bits per heavy atom. The molecule has 81 valence electrons. The third-order valence-corrected chi connectivity index (χ3v) is 2.40. The van der Waals surface area contributed by atoms with Crippen LogP contribution in [0.5, 0.6) is 0 Å². The van der Waals surface area contributed by atoms with Crippen LogP contribution in [0.3, 0.4) is 0 Å². The Balaban J connectivity index is 2.18. The molecule has 3 rings (SSSR count). The van der Waals surface area contributed by atoms with Crippen LogP contribution in [0.25, 0.3) is 22.8 Å². The third-order valence-electron chi connectivity index (χ3n) is 2.40. The summed E-state index contributed by atoms with van der Waals surface area (Å²) in [4.78, 5) is 15.8. The van der Waals surface area contributed by atoms with Gasteiger partial charge in [0.1, 0.15) is 5.82 Å². The molecule has 0 amide bonds. The van der Waals surface area contributed by atoms with Gasteiger partial charge in [-0.15, -0.1) is 0 Å². The van der Waals surface area contributed by atoms with E-state index in [0.29, 0.717) is 5.82 Å². The molecule has 0 aliphatic heterocycles. The molecule has 4 nitrogen and oxygen atoms in total. The van der Waals surface area contributed by atoms with Crippen LogP contribution < -0.4 is 0 Å². The maximum absolute atomic E-state index is 4.25. The first-order chi connectivity index (χ1) is 8.45. The van der Waals surface area contributed by atoms with Crippen molar-refractivity contribution in [2.24, 2.45) is 0 Å². The molecule has 4 heteroatoms. The molecule has 0 saturated carbocycles. The van der Waals surface area contributed by atoms with Gasteiger partial charge in [-0.05, 0) is 12.1 Å². The molecule has 0 fully saturated rings. The van der Waals surface area contributed by atoms with Crippen molar-refractivity contribution in [1.29, 1.82) is 0 Å². The van der Waals surface area contributed by atoms with E-state index in [1.807, 2.05) is 18.2 Å². The summed E-state index contributed by atoms with van der Waals surface area (Å²) in [5, 5.41) is 0. The molecule has 1 N–H and O–H groups in total. The summed E-state index contributed by atoms with van der Waals surface area (Å²) in [7, 11) is 0. The summed E-state index contributed by atoms with van der Waals surface area (Å²) in [5.41, 5.74) is 1.80. The predicted molar refractivity (Wildman–Crippen MR) is 63.9 cm³/mol. The highest BCUT2D eigenvalue weighted by Crippen LogP contribution is 2.26. The van der Waals surface area contributed by atoms with Gasteiger partial charge in [0.05, 0.1) is 0 Å². The Bertz CT molecular complexity index is 602. The van der Waals surface area contributed by atoms with Crippen LogP contribution in [0.15, 0.2) is 49.1 Å². The molecular formula is C13H9N4. The van der Waals surface area contributed by atoms with E-state index in [1.165, 1.54) is 0 Å². The van der Waals surface area contributed by atoms with Crippen molar-refractivity contribution in [3.8, 4) is 22.8 Å². The lowest BCUT2D eigenvalue weighted by molar-refractivity contribution is 1.17. The van der Waals surface area contributed by atoms with Gasteiger partial charge < -0.3 is 4.98 Å². The van der Waals surface area contributed by atoms with E-state index in [4.69, 9.17) is 0 Å². The maximum Gasteiger partial charge on any atom is 0.159 e. The van der Waals surface area contributed by atoms with E-state index < -0.39 is 0 Å². The molecule has 17 heavy (non-hydrogen) atoms. The summed E-state index contributed by atoms with van der Waals surface area (Å²) in [5.74, 6) is 1.45. The van der Waals surface area contributed by atoms with Crippen LogP contribution in [0.2, 0.25) is 0 Å². The van der Waals surface area contributed by atoms with E-state index in [1.54, 1.807) is 30.9 Å². The molecule has 0 unspecified atom stereocenters. The average molecular weight is 221 g/mol. The maximum atomic E-state index is 4.25. The van der Waals surface area contributed by atoms with Crippen LogP contribution in [-0.2, 0) is 0 Å². The fourth-order valence-electron chi connectivity index (χ4n) is 1.66. The van der Waals surface area contributed by atoms with E-state index in [0.717, 1.165) is 17.0 Å². The van der Waals surface area contributed by atoms with Gasteiger partial charge in [-0.1, -0.05) is 18.2 Å². The SMILES string of the molecule is [c]1cccc(-c2ncccn2)c1-c1ncc[nH]1.